The molecular formula is C81H65F3N4. The summed E-state index contributed by atoms with van der Waals surface area (Å²) in [4.78, 5) is 7.80. The Kier molecular flexibility index (Phi) is 13.8. The Bertz CT molecular complexity index is 4920. The number of rotatable bonds is 8. The fourth-order valence-electron chi connectivity index (χ4n) is 14.9. The van der Waals surface area contributed by atoms with E-state index < -0.39 is 11.7 Å². The molecule has 4 nitrogen and oxygen atoms in total. The van der Waals surface area contributed by atoms with Gasteiger partial charge in [0, 0.05) is 43.9 Å². The molecule has 0 aliphatic heterocycles. The molecule has 0 saturated heterocycles. The van der Waals surface area contributed by atoms with Crippen molar-refractivity contribution >= 4 is 55.0 Å². The summed E-state index contributed by atoms with van der Waals surface area (Å²) in [7, 11) is 0. The van der Waals surface area contributed by atoms with Crippen LogP contribution in [0.1, 0.15) is 72.3 Å². The van der Waals surface area contributed by atoms with Crippen molar-refractivity contribution < 1.29 is 13.2 Å². The predicted octanol–water partition coefficient (Wildman–Crippen LogP) is 23.7. The van der Waals surface area contributed by atoms with Crippen molar-refractivity contribution in [2.45, 2.75) is 89.3 Å². The van der Waals surface area contributed by atoms with Crippen LogP contribution < -0.4 is 0 Å². The Labute approximate surface area is 513 Å². The van der Waals surface area contributed by atoms with E-state index in [-0.39, 0.29) is 5.69 Å². The first-order valence-electron chi connectivity index (χ1n) is 29.8. The van der Waals surface area contributed by atoms with Crippen molar-refractivity contribution in [3.05, 3.63) is 271 Å². The maximum Gasteiger partial charge on any atom is 0.415 e. The van der Waals surface area contributed by atoms with Crippen LogP contribution in [0.15, 0.2) is 176 Å². The topological polar surface area (TPSA) is 18.6 Å². The van der Waals surface area contributed by atoms with Crippen molar-refractivity contribution in [3.63, 3.8) is 0 Å². The van der Waals surface area contributed by atoms with Gasteiger partial charge in [-0.2, -0.15) is 13.2 Å². The maximum atomic E-state index is 14.4. The van der Waals surface area contributed by atoms with E-state index in [2.05, 4.69) is 229 Å². The fourth-order valence-corrected chi connectivity index (χ4v) is 14.9. The summed E-state index contributed by atoms with van der Waals surface area (Å²) in [6.45, 7) is 42.8. The summed E-state index contributed by atoms with van der Waals surface area (Å²) >= 11 is 0. The molecule has 7 heteroatoms. The highest BCUT2D eigenvalue weighted by atomic mass is 19.4. The molecule has 0 amide bonds. The van der Waals surface area contributed by atoms with E-state index in [1.807, 2.05) is 30.3 Å². The van der Waals surface area contributed by atoms with Crippen LogP contribution in [-0.2, 0) is 6.18 Å². The minimum Gasteiger partial charge on any atom is -0.310 e. The molecule has 0 N–H and O–H groups in total. The van der Waals surface area contributed by atoms with Gasteiger partial charge in [-0.1, -0.05) is 125 Å². The number of nitrogens with zero attached hydrogens (tertiary/aromatic N) is 4. The van der Waals surface area contributed by atoms with Gasteiger partial charge < -0.3 is 9.13 Å². The Morgan fingerprint density at radius 1 is 0.307 bits per heavy atom. The molecule has 11 aromatic carbocycles. The minimum absolute atomic E-state index is 0.107. The van der Waals surface area contributed by atoms with Gasteiger partial charge in [0.2, 0.25) is 0 Å². The van der Waals surface area contributed by atoms with Crippen LogP contribution in [0.2, 0.25) is 0 Å². The van der Waals surface area contributed by atoms with Gasteiger partial charge in [-0.05, 0) is 256 Å². The first kappa shape index (κ1) is 56.9. The zero-order valence-corrected chi connectivity index (χ0v) is 51.7. The monoisotopic (exact) mass is 1150 g/mol. The molecule has 88 heavy (non-hydrogen) atoms. The second-order valence-electron chi connectivity index (χ2n) is 24.6. The van der Waals surface area contributed by atoms with Crippen LogP contribution in [0.4, 0.5) is 24.5 Å². The van der Waals surface area contributed by atoms with Crippen LogP contribution in [0, 0.1) is 96.2 Å². The summed E-state index contributed by atoms with van der Waals surface area (Å²) in [5.74, 6) is 0. The highest BCUT2D eigenvalue weighted by Gasteiger charge is 2.32. The van der Waals surface area contributed by atoms with Gasteiger partial charge >= 0.3 is 6.18 Å². The first-order chi connectivity index (χ1) is 42.1. The number of aromatic nitrogens is 2. The quantitative estimate of drug-likeness (QED) is 0.135. The molecule has 2 heterocycles. The van der Waals surface area contributed by atoms with Crippen LogP contribution in [0.5, 0.6) is 0 Å². The van der Waals surface area contributed by atoms with Crippen LogP contribution in [0.25, 0.3) is 131 Å². The van der Waals surface area contributed by atoms with Gasteiger partial charge in [-0.15, -0.1) is 0 Å². The maximum absolute atomic E-state index is 14.4. The second-order valence-corrected chi connectivity index (χ2v) is 24.6. The molecule has 2 aromatic heterocycles. The van der Waals surface area contributed by atoms with E-state index in [1.165, 1.54) is 95.1 Å². The van der Waals surface area contributed by atoms with Gasteiger partial charge in [-0.3, -0.25) is 0 Å². The Balaban J connectivity index is 1.14. The lowest BCUT2D eigenvalue weighted by Crippen LogP contribution is -2.04. The van der Waals surface area contributed by atoms with Gasteiger partial charge in [0.15, 0.2) is 11.4 Å². The van der Waals surface area contributed by atoms with E-state index in [0.717, 1.165) is 100 Å². The van der Waals surface area contributed by atoms with E-state index >= 15 is 0 Å². The summed E-state index contributed by atoms with van der Waals surface area (Å²) in [5, 5.41) is 4.20. The zero-order chi connectivity index (χ0) is 61.9. The van der Waals surface area contributed by atoms with Crippen molar-refractivity contribution in [1.29, 1.82) is 0 Å². The van der Waals surface area contributed by atoms with Gasteiger partial charge in [0.25, 0.3) is 0 Å². The summed E-state index contributed by atoms with van der Waals surface area (Å²) in [5.41, 5.74) is 30.8. The molecule has 0 aliphatic carbocycles. The number of alkyl halides is 3. The number of hydrogen-bond donors (Lipinski definition) is 0. The zero-order valence-electron chi connectivity index (χ0n) is 51.7. The third-order valence-corrected chi connectivity index (χ3v) is 18.0. The molecule has 13 rings (SSSR count). The molecule has 0 radical (unpaired) electrons. The standard InChI is InChI=1S/C81H65F3N4/c1-44-29-48(5)77(49(6)30-44)57-16-25-72-66(38-57)67-39-58(78-50(7)31-45(2)32-51(78)8)17-26-73(67)87(72)71-24-15-56(63-22-20-61(81(82,83)84)42-70(63)86-14)37-65(71)64-23-21-62(85-13)43-76(64)88-74-27-18-59(79-52(9)33-46(3)34-53(79)10)40-68(74)69-41-60(19-28-75(69)88)80-54(11)35-47(4)36-55(80)12/h15-43H,1-12H3. The molecule has 0 fully saturated rings. The van der Waals surface area contributed by atoms with E-state index in [9.17, 15) is 13.2 Å². The SMILES string of the molecule is [C-]#[N+]c1ccc(-c2cc(-c3ccc(C(F)(F)F)cc3[N+]#[C-])ccc2-n2c3ccc(-c4c(C)cc(C)cc4C)cc3c3cc(-c4c(C)cc(C)cc4C)ccc32)c(-n2c3ccc(-c4c(C)cc(C)cc4C)cc3c3cc(-c4c(C)cc(C)cc4C)ccc32)c1. The minimum atomic E-state index is -4.64. The van der Waals surface area contributed by atoms with Crippen LogP contribution in [-0.4, -0.2) is 9.13 Å². The van der Waals surface area contributed by atoms with Crippen molar-refractivity contribution in [2.75, 3.05) is 0 Å². The van der Waals surface area contributed by atoms with Crippen LogP contribution >= 0.6 is 0 Å². The lowest BCUT2D eigenvalue weighted by atomic mass is 9.91. The average molecular weight is 1150 g/mol. The Morgan fingerprint density at radius 3 is 0.989 bits per heavy atom. The largest absolute Gasteiger partial charge is 0.415 e. The highest BCUT2D eigenvalue weighted by Crippen LogP contribution is 2.48. The van der Waals surface area contributed by atoms with Crippen molar-refractivity contribution in [1.82, 2.24) is 9.13 Å². The molecule has 0 saturated carbocycles. The van der Waals surface area contributed by atoms with Crippen molar-refractivity contribution in [3.8, 4) is 78.1 Å². The lowest BCUT2D eigenvalue weighted by molar-refractivity contribution is -0.137. The Hall–Kier alpha value is -10.2. The predicted molar refractivity (Wildman–Crippen MR) is 362 cm³/mol. The highest BCUT2D eigenvalue weighted by molar-refractivity contribution is 6.14. The van der Waals surface area contributed by atoms with Gasteiger partial charge in [0.05, 0.1) is 40.9 Å². The van der Waals surface area contributed by atoms with Crippen LogP contribution in [0.3, 0.4) is 0 Å². The second kappa shape index (κ2) is 21.3. The smallest absolute Gasteiger partial charge is 0.310 e. The number of fused-ring (bicyclic) bond motifs is 6. The van der Waals surface area contributed by atoms with E-state index in [1.54, 1.807) is 0 Å². The number of aryl methyl sites for hydroxylation is 12. The summed E-state index contributed by atoms with van der Waals surface area (Å²) in [6.07, 6.45) is -4.64. The summed E-state index contributed by atoms with van der Waals surface area (Å²) in [6, 6.07) is 60.2. The molecule has 0 atom stereocenters. The normalized spacial score (nSPS) is 11.8. The fraction of sp³-hybridized carbons (Fsp3) is 0.160. The molecule has 0 aliphatic rings. The third kappa shape index (κ3) is 9.54. The summed E-state index contributed by atoms with van der Waals surface area (Å²) < 4.78 is 47.8. The first-order valence-corrected chi connectivity index (χ1v) is 29.8. The molecule has 13 aromatic rings. The molecular weight excluding hydrogens is 1090 g/mol. The molecule has 430 valence electrons. The molecule has 0 spiro atoms. The van der Waals surface area contributed by atoms with Gasteiger partial charge in [-0.25, -0.2) is 9.69 Å². The lowest BCUT2D eigenvalue weighted by Gasteiger charge is -2.21. The average Bonchev–Trinajstić information content (AvgIpc) is 1.59. The molecule has 0 unspecified atom stereocenters. The van der Waals surface area contributed by atoms with E-state index in [4.69, 9.17) is 13.1 Å². The van der Waals surface area contributed by atoms with E-state index in [0.29, 0.717) is 16.8 Å². The number of benzene rings is 11. The number of hydrogen-bond acceptors (Lipinski definition) is 0. The van der Waals surface area contributed by atoms with Gasteiger partial charge in [0.1, 0.15) is 0 Å². The third-order valence-electron chi connectivity index (χ3n) is 18.0. The molecule has 0 bridgehead atoms. The Morgan fingerprint density at radius 2 is 0.648 bits per heavy atom. The van der Waals surface area contributed by atoms with Crippen molar-refractivity contribution in [2.24, 2.45) is 0 Å². The number of halogens is 3.